The molecule has 0 saturated carbocycles. The van der Waals surface area contributed by atoms with Gasteiger partial charge >= 0.3 is 0 Å². The Morgan fingerprint density at radius 1 is 1.24 bits per heavy atom. The summed E-state index contributed by atoms with van der Waals surface area (Å²) in [6, 6.07) is 2.54. The van der Waals surface area contributed by atoms with Crippen LogP contribution in [0.15, 0.2) is 16.9 Å². The van der Waals surface area contributed by atoms with E-state index in [9.17, 15) is 14.0 Å². The molecule has 2 aromatic rings. The highest BCUT2D eigenvalue weighted by Crippen LogP contribution is 2.37. The summed E-state index contributed by atoms with van der Waals surface area (Å²) in [5.41, 5.74) is 0.00778. The summed E-state index contributed by atoms with van der Waals surface area (Å²) in [6.07, 6.45) is -0.711. The number of benzene rings is 1. The maximum absolute atomic E-state index is 14.7. The Morgan fingerprint density at radius 2 is 1.96 bits per heavy atom. The number of anilines is 1. The first-order chi connectivity index (χ1) is 12.0. The van der Waals surface area contributed by atoms with Crippen LogP contribution in [-0.4, -0.2) is 34.6 Å². The van der Waals surface area contributed by atoms with E-state index in [0.29, 0.717) is 32.0 Å². The summed E-state index contributed by atoms with van der Waals surface area (Å²) in [5.74, 6) is -0.754. The van der Waals surface area contributed by atoms with Crippen LogP contribution in [0.4, 0.5) is 10.1 Å². The van der Waals surface area contributed by atoms with E-state index in [1.807, 2.05) is 0 Å². The first-order valence-electron chi connectivity index (χ1n) is 7.85. The second kappa shape index (κ2) is 5.89. The molecule has 4 rings (SSSR count). The van der Waals surface area contributed by atoms with Crippen molar-refractivity contribution in [2.45, 2.75) is 26.1 Å². The first-order valence-corrected chi connectivity index (χ1v) is 8.23. The minimum atomic E-state index is -0.711. The van der Waals surface area contributed by atoms with Crippen LogP contribution < -0.4 is 15.6 Å². The van der Waals surface area contributed by atoms with Gasteiger partial charge in [-0.15, -0.1) is 0 Å². The molecule has 0 bridgehead atoms. The number of hydrogen-bond donors (Lipinski definition) is 1. The average Bonchev–Trinajstić information content (AvgIpc) is 2.74. The van der Waals surface area contributed by atoms with Gasteiger partial charge in [-0.25, -0.2) is 9.07 Å². The third-order valence-corrected chi connectivity index (χ3v) is 4.72. The topological polar surface area (TPSA) is 74.5 Å². The summed E-state index contributed by atoms with van der Waals surface area (Å²) in [7, 11) is 0. The maximum Gasteiger partial charge on any atom is 0.276 e. The first kappa shape index (κ1) is 16.2. The molecule has 9 heteroatoms. The van der Waals surface area contributed by atoms with Crippen LogP contribution in [0.3, 0.4) is 0 Å². The zero-order valence-electron chi connectivity index (χ0n) is 13.3. The van der Waals surface area contributed by atoms with Gasteiger partial charge in [0.25, 0.3) is 11.5 Å². The third-order valence-electron chi connectivity index (χ3n) is 4.34. The van der Waals surface area contributed by atoms with E-state index in [0.717, 1.165) is 6.07 Å². The van der Waals surface area contributed by atoms with Crippen molar-refractivity contribution in [1.29, 1.82) is 0 Å². The molecule has 0 radical (unpaired) electrons. The molecular formula is C16H15ClFN3O4. The van der Waals surface area contributed by atoms with Gasteiger partial charge in [0.2, 0.25) is 0 Å². The Balaban J connectivity index is 1.88. The number of ether oxygens (including phenoxy) is 2. The molecule has 2 aliphatic rings. The lowest BCUT2D eigenvalue weighted by Crippen LogP contribution is -2.34. The zero-order chi connectivity index (χ0) is 17.7. The molecule has 1 aromatic heterocycles. The Hall–Kier alpha value is -2.32. The molecule has 25 heavy (non-hydrogen) atoms. The van der Waals surface area contributed by atoms with Crippen LogP contribution in [0.25, 0.3) is 11.1 Å². The average molecular weight is 368 g/mol. The van der Waals surface area contributed by atoms with E-state index in [1.54, 1.807) is 11.6 Å². The van der Waals surface area contributed by atoms with Crippen molar-refractivity contribution in [2.75, 3.05) is 18.5 Å². The van der Waals surface area contributed by atoms with Gasteiger partial charge in [-0.3, -0.25) is 14.3 Å². The molecule has 1 aromatic carbocycles. The molecule has 0 fully saturated rings. The fourth-order valence-electron chi connectivity index (χ4n) is 3.05. The Morgan fingerprint density at radius 3 is 2.72 bits per heavy atom. The van der Waals surface area contributed by atoms with Crippen LogP contribution >= 0.6 is 11.6 Å². The number of halogens is 2. The normalized spacial score (nSPS) is 19.5. The number of hydrogen-bond acceptors (Lipinski definition) is 4. The standard InChI is InChI=1S/C16H15ClFN3O4/c1-8-15(22)19-11-6-9(10(18)7-12(11)25-8)13-14(17)20-2-4-24-5-3-21(20)16(13)23/h6-8H,2-5H2,1H3,(H,19,22)/t8-/m0/s1. The largest absolute Gasteiger partial charge is 0.479 e. The Labute approximate surface area is 146 Å². The van der Waals surface area contributed by atoms with E-state index >= 15 is 0 Å². The highest BCUT2D eigenvalue weighted by Gasteiger charge is 2.28. The van der Waals surface area contributed by atoms with Crippen LogP contribution in [-0.2, 0) is 22.6 Å². The van der Waals surface area contributed by atoms with Crippen molar-refractivity contribution >= 4 is 23.2 Å². The van der Waals surface area contributed by atoms with Crippen molar-refractivity contribution < 1.29 is 18.7 Å². The maximum atomic E-state index is 14.7. The van der Waals surface area contributed by atoms with Crippen molar-refractivity contribution in [3.8, 4) is 16.9 Å². The number of carbonyl (C=O) groups excluding carboxylic acids is 1. The summed E-state index contributed by atoms with van der Waals surface area (Å²) >= 11 is 6.36. The molecule has 1 amide bonds. The molecule has 7 nitrogen and oxygen atoms in total. The van der Waals surface area contributed by atoms with Crippen molar-refractivity contribution in [3.05, 3.63) is 33.5 Å². The van der Waals surface area contributed by atoms with E-state index in [2.05, 4.69) is 5.32 Å². The molecular weight excluding hydrogens is 353 g/mol. The number of aromatic nitrogens is 2. The third kappa shape index (κ3) is 2.52. The summed E-state index contributed by atoms with van der Waals surface area (Å²) in [6.45, 7) is 3.11. The molecule has 1 atom stereocenters. The van der Waals surface area contributed by atoms with E-state index in [-0.39, 0.29) is 27.9 Å². The van der Waals surface area contributed by atoms with Crippen LogP contribution in [0.1, 0.15) is 6.92 Å². The van der Waals surface area contributed by atoms with Gasteiger partial charge in [-0.05, 0) is 13.0 Å². The summed E-state index contributed by atoms with van der Waals surface area (Å²) < 4.78 is 28.4. The highest BCUT2D eigenvalue weighted by molar-refractivity contribution is 6.32. The molecule has 1 N–H and O–H groups in total. The van der Waals surface area contributed by atoms with Gasteiger partial charge in [0, 0.05) is 11.6 Å². The quantitative estimate of drug-likeness (QED) is 0.835. The van der Waals surface area contributed by atoms with Crippen molar-refractivity contribution in [2.24, 2.45) is 0 Å². The lowest BCUT2D eigenvalue weighted by molar-refractivity contribution is -0.122. The van der Waals surface area contributed by atoms with Crippen LogP contribution in [0.5, 0.6) is 5.75 Å². The number of nitrogens with one attached hydrogen (secondary N) is 1. The van der Waals surface area contributed by atoms with Gasteiger partial charge in [0.15, 0.2) is 6.10 Å². The van der Waals surface area contributed by atoms with Crippen LogP contribution in [0.2, 0.25) is 5.15 Å². The molecule has 3 heterocycles. The summed E-state index contributed by atoms with van der Waals surface area (Å²) in [4.78, 5) is 24.5. The molecule has 132 valence electrons. The number of carbonyl (C=O) groups is 1. The van der Waals surface area contributed by atoms with E-state index in [4.69, 9.17) is 21.1 Å². The second-order valence-electron chi connectivity index (χ2n) is 5.91. The second-order valence-corrected chi connectivity index (χ2v) is 6.27. The number of rotatable bonds is 1. The van der Waals surface area contributed by atoms with Crippen LogP contribution in [0, 0.1) is 5.82 Å². The smallest absolute Gasteiger partial charge is 0.276 e. The number of nitrogens with zero attached hydrogens (tertiary/aromatic N) is 2. The fraction of sp³-hybridized carbons (Fsp3) is 0.375. The Kier molecular flexibility index (Phi) is 3.81. The number of amides is 1. The lowest BCUT2D eigenvalue weighted by Gasteiger charge is -2.23. The molecule has 0 saturated heterocycles. The van der Waals surface area contributed by atoms with Gasteiger partial charge in [0.05, 0.1) is 37.6 Å². The number of fused-ring (bicyclic) bond motifs is 2. The monoisotopic (exact) mass is 367 g/mol. The molecule has 2 aliphatic heterocycles. The summed E-state index contributed by atoms with van der Waals surface area (Å²) in [5, 5.41) is 2.79. The fourth-order valence-corrected chi connectivity index (χ4v) is 3.41. The van der Waals surface area contributed by atoms with E-state index in [1.165, 1.54) is 10.7 Å². The predicted octanol–water partition coefficient (Wildman–Crippen LogP) is 1.86. The molecule has 0 aliphatic carbocycles. The van der Waals surface area contributed by atoms with Crippen molar-refractivity contribution in [1.82, 2.24) is 9.36 Å². The molecule has 0 spiro atoms. The SMILES string of the molecule is C[C@@H]1Oc2cc(F)c(-c3c(Cl)n4n(c3=O)CCOCC4)cc2NC1=O. The zero-order valence-corrected chi connectivity index (χ0v) is 14.1. The van der Waals surface area contributed by atoms with E-state index < -0.39 is 17.5 Å². The van der Waals surface area contributed by atoms with Gasteiger partial charge in [0.1, 0.15) is 16.7 Å². The predicted molar refractivity (Wildman–Crippen MR) is 88.6 cm³/mol. The van der Waals surface area contributed by atoms with Gasteiger partial charge in [-0.1, -0.05) is 11.6 Å². The van der Waals surface area contributed by atoms with Gasteiger partial charge in [-0.2, -0.15) is 0 Å². The lowest BCUT2D eigenvalue weighted by atomic mass is 10.1. The highest BCUT2D eigenvalue weighted by atomic mass is 35.5. The minimum absolute atomic E-state index is 0.0289. The molecule has 0 unspecified atom stereocenters. The van der Waals surface area contributed by atoms with Crippen molar-refractivity contribution in [3.63, 3.8) is 0 Å². The Bertz CT molecular complexity index is 936. The minimum Gasteiger partial charge on any atom is -0.479 e. The van der Waals surface area contributed by atoms with Gasteiger partial charge < -0.3 is 14.8 Å².